The summed E-state index contributed by atoms with van der Waals surface area (Å²) in [6, 6.07) is 0. The Morgan fingerprint density at radius 1 is 1.25 bits per heavy atom. The molecule has 0 aromatic rings. The number of guanidine groups is 1. The molecule has 0 radical (unpaired) electrons. The molecule has 0 amide bonds. The molecule has 1 aliphatic rings. The summed E-state index contributed by atoms with van der Waals surface area (Å²) in [6.45, 7) is 7.50. The second-order valence-electron chi connectivity index (χ2n) is 5.59. The number of nitrogens with zero attached hydrogens (tertiary/aromatic N) is 2. The molecule has 118 valence electrons. The van der Waals surface area contributed by atoms with Crippen molar-refractivity contribution in [3.05, 3.63) is 0 Å². The maximum absolute atomic E-state index is 4.75. The monoisotopic (exact) mass is 300 g/mol. The van der Waals surface area contributed by atoms with Crippen LogP contribution >= 0.6 is 11.8 Å². The molecule has 0 unspecified atom stereocenters. The van der Waals surface area contributed by atoms with Crippen molar-refractivity contribution < 1.29 is 0 Å². The second-order valence-corrected chi connectivity index (χ2v) is 6.58. The topological polar surface area (TPSA) is 39.7 Å². The minimum atomic E-state index is 0.762. The molecular formula is C15H32N4S. The van der Waals surface area contributed by atoms with Gasteiger partial charge in [0.15, 0.2) is 5.96 Å². The van der Waals surface area contributed by atoms with E-state index in [1.165, 1.54) is 44.5 Å². The second kappa shape index (κ2) is 11.3. The molecule has 0 aromatic carbocycles. The van der Waals surface area contributed by atoms with Gasteiger partial charge in [-0.2, -0.15) is 11.8 Å². The van der Waals surface area contributed by atoms with Gasteiger partial charge in [0, 0.05) is 19.6 Å². The first-order chi connectivity index (χ1) is 9.76. The number of unbranched alkanes of at least 4 members (excludes halogenated alkanes) is 1. The Morgan fingerprint density at radius 2 is 2.00 bits per heavy atom. The largest absolute Gasteiger partial charge is 0.357 e. The summed E-state index contributed by atoms with van der Waals surface area (Å²) in [5.41, 5.74) is 0. The van der Waals surface area contributed by atoms with Crippen LogP contribution in [0.4, 0.5) is 0 Å². The fourth-order valence-electron chi connectivity index (χ4n) is 2.38. The third kappa shape index (κ3) is 8.00. The van der Waals surface area contributed by atoms with Crippen molar-refractivity contribution in [2.24, 2.45) is 10.9 Å². The van der Waals surface area contributed by atoms with E-state index in [9.17, 15) is 0 Å². The number of rotatable bonds is 8. The quantitative estimate of drug-likeness (QED) is 0.409. The van der Waals surface area contributed by atoms with E-state index in [-0.39, 0.29) is 0 Å². The van der Waals surface area contributed by atoms with Crippen LogP contribution < -0.4 is 10.6 Å². The molecule has 2 N–H and O–H groups in total. The zero-order valence-electron chi connectivity index (χ0n) is 13.5. The Morgan fingerprint density at radius 3 is 2.65 bits per heavy atom. The fourth-order valence-corrected chi connectivity index (χ4v) is 2.88. The van der Waals surface area contributed by atoms with E-state index in [0.29, 0.717) is 0 Å². The average molecular weight is 301 g/mol. The van der Waals surface area contributed by atoms with Gasteiger partial charge in [-0.3, -0.25) is 4.99 Å². The zero-order chi connectivity index (χ0) is 14.6. The van der Waals surface area contributed by atoms with Crippen molar-refractivity contribution in [2.75, 3.05) is 51.8 Å². The molecule has 20 heavy (non-hydrogen) atoms. The number of hydrogen-bond acceptors (Lipinski definition) is 3. The normalized spacial score (nSPS) is 18.2. The lowest BCUT2D eigenvalue weighted by atomic mass is 9.97. The molecule has 0 atom stereocenters. The number of nitrogens with one attached hydrogen (secondary N) is 2. The van der Waals surface area contributed by atoms with Gasteiger partial charge in [-0.1, -0.05) is 0 Å². The lowest BCUT2D eigenvalue weighted by Crippen LogP contribution is -2.38. The molecule has 1 aliphatic heterocycles. The fraction of sp³-hybridized carbons (Fsp3) is 0.933. The number of piperidine rings is 1. The Kier molecular flexibility index (Phi) is 9.93. The summed E-state index contributed by atoms with van der Waals surface area (Å²) in [7, 11) is 2.21. The van der Waals surface area contributed by atoms with E-state index >= 15 is 0 Å². The van der Waals surface area contributed by atoms with Crippen molar-refractivity contribution in [2.45, 2.75) is 32.6 Å². The number of likely N-dealkylation sites (tertiary alicyclic amines) is 1. The molecule has 0 bridgehead atoms. The van der Waals surface area contributed by atoms with Gasteiger partial charge in [-0.05, 0) is 70.7 Å². The Hall–Kier alpha value is -0.420. The highest BCUT2D eigenvalue weighted by Crippen LogP contribution is 2.15. The summed E-state index contributed by atoms with van der Waals surface area (Å²) in [6.07, 6.45) is 7.24. The summed E-state index contributed by atoms with van der Waals surface area (Å²) in [5.74, 6) is 3.01. The van der Waals surface area contributed by atoms with E-state index in [2.05, 4.69) is 35.8 Å². The summed E-state index contributed by atoms with van der Waals surface area (Å²) < 4.78 is 0. The van der Waals surface area contributed by atoms with Gasteiger partial charge in [0.25, 0.3) is 0 Å². The third-order valence-corrected chi connectivity index (χ3v) is 4.45. The Balaban J connectivity index is 2.23. The van der Waals surface area contributed by atoms with Crippen molar-refractivity contribution in [3.63, 3.8) is 0 Å². The van der Waals surface area contributed by atoms with Gasteiger partial charge in [-0.25, -0.2) is 0 Å². The van der Waals surface area contributed by atoms with E-state index in [0.717, 1.165) is 31.5 Å². The maximum atomic E-state index is 4.75. The van der Waals surface area contributed by atoms with E-state index in [4.69, 9.17) is 4.99 Å². The number of hydrogen-bond donors (Lipinski definition) is 2. The van der Waals surface area contributed by atoms with Gasteiger partial charge in [-0.15, -0.1) is 0 Å². The van der Waals surface area contributed by atoms with Crippen LogP contribution in [0.5, 0.6) is 0 Å². The highest BCUT2D eigenvalue weighted by atomic mass is 32.2. The lowest BCUT2D eigenvalue weighted by Gasteiger charge is -2.28. The summed E-state index contributed by atoms with van der Waals surface area (Å²) >= 11 is 1.92. The predicted molar refractivity (Wildman–Crippen MR) is 91.8 cm³/mol. The minimum Gasteiger partial charge on any atom is -0.357 e. The van der Waals surface area contributed by atoms with E-state index in [1.807, 2.05) is 11.8 Å². The van der Waals surface area contributed by atoms with Crippen LogP contribution in [-0.2, 0) is 0 Å². The van der Waals surface area contributed by atoms with Gasteiger partial charge >= 0.3 is 0 Å². The van der Waals surface area contributed by atoms with E-state index in [1.54, 1.807) is 0 Å². The van der Waals surface area contributed by atoms with Crippen LogP contribution in [0.15, 0.2) is 4.99 Å². The molecular weight excluding hydrogens is 268 g/mol. The zero-order valence-corrected chi connectivity index (χ0v) is 14.3. The van der Waals surface area contributed by atoms with Gasteiger partial charge in [0.1, 0.15) is 0 Å². The predicted octanol–water partition coefficient (Wildman–Crippen LogP) is 2.03. The Labute approximate surface area is 129 Å². The molecule has 1 saturated heterocycles. The highest BCUT2D eigenvalue weighted by Gasteiger charge is 2.16. The SMILES string of the molecule is CCNC(=NCC1CCN(C)CC1)NCCCCSC. The van der Waals surface area contributed by atoms with Gasteiger partial charge < -0.3 is 15.5 Å². The third-order valence-electron chi connectivity index (χ3n) is 3.76. The first kappa shape index (κ1) is 17.6. The van der Waals surface area contributed by atoms with Crippen LogP contribution in [0.2, 0.25) is 0 Å². The van der Waals surface area contributed by atoms with Crippen molar-refractivity contribution in [3.8, 4) is 0 Å². The molecule has 0 saturated carbocycles. The molecule has 5 heteroatoms. The van der Waals surface area contributed by atoms with Crippen LogP contribution in [0.25, 0.3) is 0 Å². The van der Waals surface area contributed by atoms with Crippen molar-refractivity contribution >= 4 is 17.7 Å². The van der Waals surface area contributed by atoms with Crippen LogP contribution in [-0.4, -0.2) is 62.6 Å². The van der Waals surface area contributed by atoms with Crippen LogP contribution in [0.3, 0.4) is 0 Å². The number of aliphatic imine (C=N–C) groups is 1. The van der Waals surface area contributed by atoms with Gasteiger partial charge in [0.05, 0.1) is 0 Å². The molecule has 1 rings (SSSR count). The first-order valence-electron chi connectivity index (χ1n) is 7.96. The van der Waals surface area contributed by atoms with E-state index < -0.39 is 0 Å². The molecule has 0 aliphatic carbocycles. The maximum Gasteiger partial charge on any atom is 0.191 e. The van der Waals surface area contributed by atoms with Crippen LogP contribution in [0, 0.1) is 5.92 Å². The van der Waals surface area contributed by atoms with Crippen molar-refractivity contribution in [1.29, 1.82) is 0 Å². The molecule has 1 heterocycles. The lowest BCUT2D eigenvalue weighted by molar-refractivity contribution is 0.223. The summed E-state index contributed by atoms with van der Waals surface area (Å²) in [5, 5.41) is 6.79. The molecule has 1 fully saturated rings. The van der Waals surface area contributed by atoms with Crippen molar-refractivity contribution in [1.82, 2.24) is 15.5 Å². The minimum absolute atomic E-state index is 0.762. The molecule has 4 nitrogen and oxygen atoms in total. The molecule has 0 spiro atoms. The van der Waals surface area contributed by atoms with Gasteiger partial charge in [0.2, 0.25) is 0 Å². The smallest absolute Gasteiger partial charge is 0.191 e. The standard InChI is InChI=1S/C15H32N4S/c1-4-16-15(17-9-5-6-12-20-3)18-13-14-7-10-19(2)11-8-14/h14H,4-13H2,1-3H3,(H2,16,17,18). The molecule has 0 aromatic heterocycles. The Bertz CT molecular complexity index is 263. The first-order valence-corrected chi connectivity index (χ1v) is 9.35. The highest BCUT2D eigenvalue weighted by molar-refractivity contribution is 7.98. The average Bonchev–Trinajstić information content (AvgIpc) is 2.46. The number of thioether (sulfide) groups is 1. The van der Waals surface area contributed by atoms with Crippen LogP contribution in [0.1, 0.15) is 32.6 Å². The summed E-state index contributed by atoms with van der Waals surface area (Å²) in [4.78, 5) is 7.16.